The lowest BCUT2D eigenvalue weighted by molar-refractivity contribution is -0.140. The Hall–Kier alpha value is -3.39. The maximum atomic E-state index is 13.2. The number of methoxy groups -OCH3 is 1. The molecule has 1 heterocycles. The number of hydrogen-bond donors (Lipinski definition) is 2. The molecule has 3 rings (SSSR count). The van der Waals surface area contributed by atoms with Crippen LogP contribution < -0.4 is 15.8 Å². The van der Waals surface area contributed by atoms with Crippen LogP contribution in [0.2, 0.25) is 0 Å². The third kappa shape index (κ3) is 5.21. The first-order chi connectivity index (χ1) is 14.9. The topological polar surface area (TPSA) is 105 Å². The first-order valence-corrected chi connectivity index (χ1v) is 10.2. The first kappa shape index (κ1) is 22.3. The van der Waals surface area contributed by atoms with Crippen molar-refractivity contribution in [2.45, 2.75) is 19.5 Å². The van der Waals surface area contributed by atoms with Crippen LogP contribution in [-0.4, -0.2) is 67.0 Å². The van der Waals surface area contributed by atoms with E-state index in [-0.39, 0.29) is 44.4 Å². The fourth-order valence-corrected chi connectivity index (χ4v) is 3.64. The molecule has 0 radical (unpaired) electrons. The number of hydrogen-bond acceptors (Lipinski definition) is 5. The zero-order valence-electron chi connectivity index (χ0n) is 17.8. The van der Waals surface area contributed by atoms with Crippen LogP contribution in [0, 0.1) is 6.92 Å². The van der Waals surface area contributed by atoms with Crippen molar-refractivity contribution >= 4 is 17.7 Å². The van der Waals surface area contributed by atoms with E-state index in [0.29, 0.717) is 11.3 Å². The van der Waals surface area contributed by atoms with Gasteiger partial charge in [-0.2, -0.15) is 0 Å². The van der Waals surface area contributed by atoms with Gasteiger partial charge in [-0.05, 0) is 36.8 Å². The molecule has 0 saturated carbocycles. The fraction of sp³-hybridized carbons (Fsp3) is 0.348. The molecule has 1 unspecified atom stereocenters. The number of benzene rings is 2. The molecule has 0 aliphatic carbocycles. The minimum absolute atomic E-state index is 0.122. The number of nitrogens with two attached hydrogens (primary N) is 1. The highest BCUT2D eigenvalue weighted by Crippen LogP contribution is 2.21. The SMILES string of the molecule is COc1ccc(CC(=O)N2CCN(C(=O)c3cccc(C)c3)C2C(=O)NCCN)cc1. The average Bonchev–Trinajstić information content (AvgIpc) is 3.23. The monoisotopic (exact) mass is 424 g/mol. The van der Waals surface area contributed by atoms with Crippen LogP contribution >= 0.6 is 0 Å². The van der Waals surface area contributed by atoms with Crippen LogP contribution in [0.4, 0.5) is 0 Å². The molecule has 3 N–H and O–H groups in total. The number of amides is 3. The summed E-state index contributed by atoms with van der Waals surface area (Å²) in [5, 5.41) is 2.72. The van der Waals surface area contributed by atoms with E-state index in [1.165, 1.54) is 9.80 Å². The van der Waals surface area contributed by atoms with E-state index >= 15 is 0 Å². The molecule has 164 valence electrons. The van der Waals surface area contributed by atoms with E-state index < -0.39 is 12.1 Å². The summed E-state index contributed by atoms with van der Waals surface area (Å²) in [5.41, 5.74) is 7.75. The van der Waals surface area contributed by atoms with E-state index in [1.54, 1.807) is 37.4 Å². The molecule has 2 aromatic carbocycles. The van der Waals surface area contributed by atoms with Crippen molar-refractivity contribution in [3.05, 3.63) is 65.2 Å². The van der Waals surface area contributed by atoms with Crippen molar-refractivity contribution in [1.82, 2.24) is 15.1 Å². The maximum Gasteiger partial charge on any atom is 0.263 e. The Morgan fingerprint density at radius 3 is 2.45 bits per heavy atom. The Morgan fingerprint density at radius 1 is 1.10 bits per heavy atom. The van der Waals surface area contributed by atoms with Gasteiger partial charge in [0.25, 0.3) is 11.8 Å². The number of carbonyl (C=O) groups excluding carboxylic acids is 3. The van der Waals surface area contributed by atoms with E-state index in [9.17, 15) is 14.4 Å². The second-order valence-electron chi connectivity index (χ2n) is 7.43. The predicted molar refractivity (Wildman–Crippen MR) is 116 cm³/mol. The molecule has 1 aliphatic rings. The van der Waals surface area contributed by atoms with Crippen molar-refractivity contribution < 1.29 is 19.1 Å². The lowest BCUT2D eigenvalue weighted by Gasteiger charge is -2.29. The molecule has 3 amide bonds. The van der Waals surface area contributed by atoms with Crippen molar-refractivity contribution in [1.29, 1.82) is 0 Å². The van der Waals surface area contributed by atoms with Crippen LogP contribution in [0.25, 0.3) is 0 Å². The molecular formula is C23H28N4O4. The number of nitrogens with one attached hydrogen (secondary N) is 1. The van der Waals surface area contributed by atoms with Crippen molar-refractivity contribution in [2.75, 3.05) is 33.3 Å². The van der Waals surface area contributed by atoms with Gasteiger partial charge in [0.15, 0.2) is 6.17 Å². The highest BCUT2D eigenvalue weighted by Gasteiger charge is 2.42. The Bertz CT molecular complexity index is 945. The first-order valence-electron chi connectivity index (χ1n) is 10.2. The zero-order chi connectivity index (χ0) is 22.4. The predicted octanol–water partition coefficient (Wildman–Crippen LogP) is 0.932. The van der Waals surface area contributed by atoms with Gasteiger partial charge in [0.2, 0.25) is 5.91 Å². The smallest absolute Gasteiger partial charge is 0.263 e. The lowest BCUT2D eigenvalue weighted by atomic mass is 10.1. The van der Waals surface area contributed by atoms with Gasteiger partial charge < -0.3 is 25.6 Å². The lowest BCUT2D eigenvalue weighted by Crippen LogP contribution is -2.54. The third-order valence-corrected chi connectivity index (χ3v) is 5.21. The van der Waals surface area contributed by atoms with Gasteiger partial charge in [-0.25, -0.2) is 0 Å². The Kier molecular flexibility index (Phi) is 7.25. The average molecular weight is 425 g/mol. The summed E-state index contributed by atoms with van der Waals surface area (Å²) in [5.74, 6) is -0.215. The van der Waals surface area contributed by atoms with Gasteiger partial charge in [-0.1, -0.05) is 29.8 Å². The van der Waals surface area contributed by atoms with Crippen LogP contribution in [0.15, 0.2) is 48.5 Å². The summed E-state index contributed by atoms with van der Waals surface area (Å²) in [6.07, 6.45) is -0.887. The molecular weight excluding hydrogens is 396 g/mol. The molecule has 0 bridgehead atoms. The summed E-state index contributed by atoms with van der Waals surface area (Å²) >= 11 is 0. The van der Waals surface area contributed by atoms with E-state index in [1.807, 2.05) is 25.1 Å². The molecule has 8 nitrogen and oxygen atoms in total. The molecule has 31 heavy (non-hydrogen) atoms. The molecule has 1 aliphatic heterocycles. The Labute approximate surface area is 182 Å². The molecule has 0 aromatic heterocycles. The highest BCUT2D eigenvalue weighted by molar-refractivity contribution is 5.99. The van der Waals surface area contributed by atoms with Gasteiger partial charge in [0.1, 0.15) is 5.75 Å². The highest BCUT2D eigenvalue weighted by atomic mass is 16.5. The summed E-state index contributed by atoms with van der Waals surface area (Å²) in [7, 11) is 1.58. The third-order valence-electron chi connectivity index (χ3n) is 5.21. The largest absolute Gasteiger partial charge is 0.497 e. The van der Waals surface area contributed by atoms with Gasteiger partial charge in [0.05, 0.1) is 13.5 Å². The number of aryl methyl sites for hydroxylation is 1. The summed E-state index contributed by atoms with van der Waals surface area (Å²) < 4.78 is 5.15. The van der Waals surface area contributed by atoms with Crippen LogP contribution in [0.5, 0.6) is 5.75 Å². The fourth-order valence-electron chi connectivity index (χ4n) is 3.64. The second-order valence-corrected chi connectivity index (χ2v) is 7.43. The van der Waals surface area contributed by atoms with E-state index in [4.69, 9.17) is 10.5 Å². The van der Waals surface area contributed by atoms with Crippen LogP contribution in [0.1, 0.15) is 21.5 Å². The van der Waals surface area contributed by atoms with Crippen LogP contribution in [0.3, 0.4) is 0 Å². The van der Waals surface area contributed by atoms with Gasteiger partial charge in [0, 0.05) is 31.7 Å². The van der Waals surface area contributed by atoms with Gasteiger partial charge >= 0.3 is 0 Å². The van der Waals surface area contributed by atoms with E-state index in [0.717, 1.165) is 11.1 Å². The maximum absolute atomic E-state index is 13.2. The minimum atomic E-state index is -1.01. The molecule has 2 aromatic rings. The molecule has 1 saturated heterocycles. The van der Waals surface area contributed by atoms with Gasteiger partial charge in [-0.15, -0.1) is 0 Å². The summed E-state index contributed by atoms with van der Waals surface area (Å²) in [4.78, 5) is 42.0. The Balaban J connectivity index is 1.81. The van der Waals surface area contributed by atoms with Gasteiger partial charge in [-0.3, -0.25) is 14.4 Å². The zero-order valence-corrected chi connectivity index (χ0v) is 17.8. The van der Waals surface area contributed by atoms with Crippen molar-refractivity contribution in [3.8, 4) is 5.75 Å². The van der Waals surface area contributed by atoms with Crippen LogP contribution in [-0.2, 0) is 16.0 Å². The minimum Gasteiger partial charge on any atom is -0.497 e. The quantitative estimate of drug-likeness (QED) is 0.688. The standard InChI is InChI=1S/C23H28N4O4/c1-16-4-3-5-18(14-16)23(30)27-13-12-26(22(27)21(29)25-11-10-24)20(28)15-17-6-8-19(31-2)9-7-17/h3-9,14,22H,10-13,15,24H2,1-2H3,(H,25,29). The number of rotatable bonds is 7. The normalized spacial score (nSPS) is 15.6. The van der Waals surface area contributed by atoms with Crippen molar-refractivity contribution in [3.63, 3.8) is 0 Å². The van der Waals surface area contributed by atoms with E-state index in [2.05, 4.69) is 5.32 Å². The molecule has 1 fully saturated rings. The number of nitrogens with zero attached hydrogens (tertiary/aromatic N) is 2. The molecule has 8 heteroatoms. The second kappa shape index (κ2) is 10.1. The number of ether oxygens (including phenoxy) is 1. The summed E-state index contributed by atoms with van der Waals surface area (Å²) in [6, 6.07) is 14.4. The molecule has 1 atom stereocenters. The Morgan fingerprint density at radius 2 is 1.81 bits per heavy atom. The molecule has 0 spiro atoms. The van der Waals surface area contributed by atoms with Crippen molar-refractivity contribution in [2.24, 2.45) is 5.73 Å². The summed E-state index contributed by atoms with van der Waals surface area (Å²) in [6.45, 7) is 3.00. The number of carbonyl (C=O) groups is 3.